The topological polar surface area (TPSA) is 21.3 Å². The monoisotopic (exact) mass is 241 g/mol. The number of benzene rings is 1. The molecule has 0 bridgehead atoms. The summed E-state index contributed by atoms with van der Waals surface area (Å²) < 4.78 is 5.79. The number of hydrogen-bond acceptors (Lipinski definition) is 2. The van der Waals surface area contributed by atoms with Crippen molar-refractivity contribution in [2.45, 2.75) is 31.4 Å². The van der Waals surface area contributed by atoms with Gasteiger partial charge < -0.3 is 10.1 Å². The van der Waals surface area contributed by atoms with Crippen molar-refractivity contribution in [3.05, 3.63) is 35.9 Å². The summed E-state index contributed by atoms with van der Waals surface area (Å²) in [5, 5.41) is 3.52. The fourth-order valence-corrected chi connectivity index (χ4v) is 2.57. The zero-order chi connectivity index (χ0) is 12.2. The molecule has 2 aliphatic rings. The quantitative estimate of drug-likeness (QED) is 0.819. The van der Waals surface area contributed by atoms with Gasteiger partial charge in [0.1, 0.15) is 0 Å². The van der Waals surface area contributed by atoms with E-state index in [-0.39, 0.29) is 0 Å². The van der Waals surface area contributed by atoms with Gasteiger partial charge >= 0.3 is 0 Å². The van der Waals surface area contributed by atoms with E-state index in [0.717, 1.165) is 31.1 Å². The summed E-state index contributed by atoms with van der Waals surface area (Å²) in [6, 6.07) is 10.6. The van der Waals surface area contributed by atoms with Crippen LogP contribution in [0.5, 0.6) is 0 Å². The Morgan fingerprint density at radius 2 is 2.00 bits per heavy atom. The molecule has 1 aromatic carbocycles. The predicted molar refractivity (Wildman–Crippen MR) is 72.2 cm³/mol. The first-order valence-corrected chi connectivity index (χ1v) is 6.82. The molecule has 1 N–H and O–H groups in total. The first kappa shape index (κ1) is 11.8. The van der Waals surface area contributed by atoms with Crippen molar-refractivity contribution in [2.24, 2.45) is 5.92 Å². The molecule has 2 heteroatoms. The SMILES string of the molecule is C(#Cc1ccccc1)CNC1CCOC1C1CC1. The maximum Gasteiger partial charge on any atom is 0.0757 e. The molecule has 0 spiro atoms. The smallest absolute Gasteiger partial charge is 0.0757 e. The Kier molecular flexibility index (Phi) is 3.64. The van der Waals surface area contributed by atoms with Crippen molar-refractivity contribution >= 4 is 0 Å². The van der Waals surface area contributed by atoms with Crippen LogP contribution in [0.4, 0.5) is 0 Å². The second-order valence-electron chi connectivity index (χ2n) is 5.12. The lowest BCUT2D eigenvalue weighted by atomic mass is 10.1. The predicted octanol–water partition coefficient (Wildman–Crippen LogP) is 2.20. The van der Waals surface area contributed by atoms with Crippen LogP contribution in [0.3, 0.4) is 0 Å². The fourth-order valence-electron chi connectivity index (χ4n) is 2.57. The zero-order valence-electron chi connectivity index (χ0n) is 10.6. The van der Waals surface area contributed by atoms with E-state index in [4.69, 9.17) is 4.74 Å². The van der Waals surface area contributed by atoms with Crippen LogP contribution in [-0.2, 0) is 4.74 Å². The lowest BCUT2D eigenvalue weighted by Crippen LogP contribution is -2.37. The number of rotatable bonds is 3. The third kappa shape index (κ3) is 2.93. The van der Waals surface area contributed by atoms with Gasteiger partial charge in [-0.3, -0.25) is 0 Å². The van der Waals surface area contributed by atoms with E-state index >= 15 is 0 Å². The maximum atomic E-state index is 5.79. The summed E-state index contributed by atoms with van der Waals surface area (Å²) in [4.78, 5) is 0. The summed E-state index contributed by atoms with van der Waals surface area (Å²) in [7, 11) is 0. The summed E-state index contributed by atoms with van der Waals surface area (Å²) in [6.45, 7) is 1.66. The van der Waals surface area contributed by atoms with Crippen LogP contribution in [0.2, 0.25) is 0 Å². The zero-order valence-corrected chi connectivity index (χ0v) is 10.6. The van der Waals surface area contributed by atoms with Crippen molar-refractivity contribution in [2.75, 3.05) is 13.2 Å². The highest BCUT2D eigenvalue weighted by Crippen LogP contribution is 2.38. The van der Waals surface area contributed by atoms with E-state index in [9.17, 15) is 0 Å². The van der Waals surface area contributed by atoms with Gasteiger partial charge in [0.25, 0.3) is 0 Å². The molecular weight excluding hydrogens is 222 g/mol. The van der Waals surface area contributed by atoms with E-state index in [1.807, 2.05) is 30.3 Å². The molecule has 1 aromatic rings. The average molecular weight is 241 g/mol. The maximum absolute atomic E-state index is 5.79. The molecule has 94 valence electrons. The highest BCUT2D eigenvalue weighted by Gasteiger charge is 2.40. The van der Waals surface area contributed by atoms with E-state index < -0.39 is 0 Å². The first-order valence-electron chi connectivity index (χ1n) is 6.82. The molecule has 0 radical (unpaired) electrons. The lowest BCUT2D eigenvalue weighted by Gasteiger charge is -2.17. The molecule has 2 fully saturated rings. The van der Waals surface area contributed by atoms with Gasteiger partial charge in [-0.05, 0) is 37.3 Å². The average Bonchev–Trinajstić information content (AvgIpc) is 3.16. The van der Waals surface area contributed by atoms with Crippen LogP contribution >= 0.6 is 0 Å². The van der Waals surface area contributed by atoms with E-state index in [2.05, 4.69) is 17.2 Å². The van der Waals surface area contributed by atoms with Crippen LogP contribution in [-0.4, -0.2) is 25.3 Å². The van der Waals surface area contributed by atoms with Gasteiger partial charge in [0.05, 0.1) is 12.6 Å². The Bertz CT molecular complexity index is 441. The van der Waals surface area contributed by atoms with Crippen molar-refractivity contribution in [3.8, 4) is 11.8 Å². The molecule has 2 unspecified atom stereocenters. The van der Waals surface area contributed by atoms with Crippen LogP contribution in [0.25, 0.3) is 0 Å². The molecule has 3 rings (SSSR count). The standard InChI is InChI=1S/C16H19NO/c1-2-5-13(6-3-1)7-4-11-17-15-10-12-18-16(15)14-8-9-14/h1-3,5-6,14-17H,8-12H2. The lowest BCUT2D eigenvalue weighted by molar-refractivity contribution is 0.0819. The second-order valence-corrected chi connectivity index (χ2v) is 5.12. The second kappa shape index (κ2) is 5.56. The highest BCUT2D eigenvalue weighted by molar-refractivity contribution is 5.33. The fraction of sp³-hybridized carbons (Fsp3) is 0.500. The molecule has 1 aliphatic carbocycles. The highest BCUT2D eigenvalue weighted by atomic mass is 16.5. The summed E-state index contributed by atoms with van der Waals surface area (Å²) in [6.07, 6.45) is 4.27. The molecule has 2 atom stereocenters. The third-order valence-corrected chi connectivity index (χ3v) is 3.68. The normalized spacial score (nSPS) is 26.7. The molecule has 18 heavy (non-hydrogen) atoms. The van der Waals surface area contributed by atoms with Gasteiger partial charge in [-0.2, -0.15) is 0 Å². The Morgan fingerprint density at radius 1 is 1.17 bits per heavy atom. The van der Waals surface area contributed by atoms with E-state index in [1.54, 1.807) is 0 Å². The minimum absolute atomic E-state index is 0.448. The molecule has 1 saturated heterocycles. The number of ether oxygens (including phenoxy) is 1. The van der Waals surface area contributed by atoms with Crippen LogP contribution in [0, 0.1) is 17.8 Å². The summed E-state index contributed by atoms with van der Waals surface area (Å²) in [5.41, 5.74) is 1.08. The summed E-state index contributed by atoms with van der Waals surface area (Å²) in [5.74, 6) is 7.18. The van der Waals surface area contributed by atoms with Gasteiger partial charge in [-0.25, -0.2) is 0 Å². The van der Waals surface area contributed by atoms with Crippen LogP contribution in [0.15, 0.2) is 30.3 Å². The largest absolute Gasteiger partial charge is 0.376 e. The summed E-state index contributed by atoms with van der Waals surface area (Å²) >= 11 is 0. The van der Waals surface area contributed by atoms with Gasteiger partial charge in [0, 0.05) is 18.2 Å². The van der Waals surface area contributed by atoms with Crippen LogP contribution in [0.1, 0.15) is 24.8 Å². The molecule has 0 aromatic heterocycles. The molecule has 1 heterocycles. The number of nitrogens with one attached hydrogen (secondary N) is 1. The Balaban J connectivity index is 1.48. The van der Waals surface area contributed by atoms with Crippen molar-refractivity contribution in [1.82, 2.24) is 5.32 Å². The van der Waals surface area contributed by atoms with Crippen LogP contribution < -0.4 is 5.32 Å². The molecule has 2 nitrogen and oxygen atoms in total. The number of hydrogen-bond donors (Lipinski definition) is 1. The molecular formula is C16H19NO. The van der Waals surface area contributed by atoms with Crippen molar-refractivity contribution < 1.29 is 4.74 Å². The molecule has 0 amide bonds. The van der Waals surface area contributed by atoms with Gasteiger partial charge in [0.15, 0.2) is 0 Å². The third-order valence-electron chi connectivity index (χ3n) is 3.68. The molecule has 1 saturated carbocycles. The Labute approximate surface area is 109 Å². The first-order chi connectivity index (χ1) is 8.93. The Hall–Kier alpha value is -1.30. The van der Waals surface area contributed by atoms with E-state index in [0.29, 0.717) is 12.1 Å². The Morgan fingerprint density at radius 3 is 2.78 bits per heavy atom. The van der Waals surface area contributed by atoms with E-state index in [1.165, 1.54) is 12.8 Å². The van der Waals surface area contributed by atoms with Gasteiger partial charge in [-0.1, -0.05) is 30.0 Å². The van der Waals surface area contributed by atoms with Gasteiger partial charge in [-0.15, -0.1) is 0 Å². The van der Waals surface area contributed by atoms with Crippen molar-refractivity contribution in [3.63, 3.8) is 0 Å². The minimum atomic E-state index is 0.448. The molecule has 1 aliphatic heterocycles. The van der Waals surface area contributed by atoms with Gasteiger partial charge in [0.2, 0.25) is 0 Å². The van der Waals surface area contributed by atoms with Crippen molar-refractivity contribution in [1.29, 1.82) is 0 Å². The minimum Gasteiger partial charge on any atom is -0.376 e.